The number of halogens is 1. The Bertz CT molecular complexity index is 644. The Morgan fingerprint density at radius 2 is 2.10 bits per heavy atom. The predicted molar refractivity (Wildman–Crippen MR) is 87.4 cm³/mol. The number of hydrogen-bond donors (Lipinski definition) is 3. The van der Waals surface area contributed by atoms with Crippen molar-refractivity contribution in [1.29, 1.82) is 0 Å². The van der Waals surface area contributed by atoms with Crippen molar-refractivity contribution in [1.82, 2.24) is 10.4 Å². The number of hydrogen-bond acceptors (Lipinski definition) is 3. The van der Waals surface area contributed by atoms with Crippen molar-refractivity contribution in [3.8, 4) is 0 Å². The molecule has 0 radical (unpaired) electrons. The first-order valence-electron chi connectivity index (χ1n) is 6.59. The quantitative estimate of drug-likeness (QED) is 0.567. The Morgan fingerprint density at radius 3 is 2.67 bits per heavy atom. The molecule has 21 heavy (non-hydrogen) atoms. The molecule has 1 aromatic heterocycles. The maximum absolute atomic E-state index is 9.10. The molecule has 4 nitrogen and oxygen atoms in total. The third kappa shape index (κ3) is 3.97. The molecule has 2 aromatic rings. The molecule has 0 saturated heterocycles. The van der Waals surface area contributed by atoms with E-state index in [1.54, 1.807) is 7.05 Å². The van der Waals surface area contributed by atoms with Crippen LogP contribution in [-0.4, -0.2) is 22.8 Å². The highest BCUT2D eigenvalue weighted by Crippen LogP contribution is 2.19. The average Bonchev–Trinajstić information content (AvgIpc) is 2.94. The standard InChI is InChI=1S/C16H18ClN3O/c1-11(13-3-5-14(17)6-4-13)16(20-18-2)8-12-7-15(10-21)19-9-12/h3-7,9,18-19,21H,1,8,10H2,2H3/b20-16-. The lowest BCUT2D eigenvalue weighted by molar-refractivity contribution is 0.277. The number of nitrogens with one attached hydrogen (secondary N) is 2. The number of H-pyrrole nitrogens is 1. The molecule has 1 aromatic carbocycles. The van der Waals surface area contributed by atoms with E-state index in [2.05, 4.69) is 22.1 Å². The van der Waals surface area contributed by atoms with E-state index in [1.807, 2.05) is 36.5 Å². The van der Waals surface area contributed by atoms with Crippen molar-refractivity contribution < 1.29 is 5.11 Å². The molecule has 0 fully saturated rings. The van der Waals surface area contributed by atoms with Gasteiger partial charge in [0.2, 0.25) is 0 Å². The molecule has 0 atom stereocenters. The number of rotatable bonds is 6. The predicted octanol–water partition coefficient (Wildman–Crippen LogP) is 2.99. The first-order chi connectivity index (χ1) is 10.1. The average molecular weight is 304 g/mol. The van der Waals surface area contributed by atoms with Crippen LogP contribution in [0.15, 0.2) is 48.2 Å². The highest BCUT2D eigenvalue weighted by atomic mass is 35.5. The monoisotopic (exact) mass is 303 g/mol. The zero-order valence-electron chi connectivity index (χ0n) is 11.9. The molecule has 0 amide bonds. The van der Waals surface area contributed by atoms with Crippen molar-refractivity contribution in [2.45, 2.75) is 13.0 Å². The van der Waals surface area contributed by atoms with Gasteiger partial charge in [-0.05, 0) is 34.9 Å². The fraction of sp³-hybridized carbons (Fsp3) is 0.188. The highest BCUT2D eigenvalue weighted by Gasteiger charge is 2.10. The van der Waals surface area contributed by atoms with Crippen LogP contribution in [0, 0.1) is 0 Å². The van der Waals surface area contributed by atoms with Crippen LogP contribution in [0.3, 0.4) is 0 Å². The second kappa shape index (κ2) is 7.11. The Hall–Kier alpha value is -2.04. The summed E-state index contributed by atoms with van der Waals surface area (Å²) in [7, 11) is 1.76. The van der Waals surface area contributed by atoms with Gasteiger partial charge >= 0.3 is 0 Å². The van der Waals surface area contributed by atoms with E-state index >= 15 is 0 Å². The first-order valence-corrected chi connectivity index (χ1v) is 6.97. The minimum atomic E-state index is -0.00334. The molecule has 3 N–H and O–H groups in total. The lowest BCUT2D eigenvalue weighted by Crippen LogP contribution is -2.10. The number of aromatic amines is 1. The second-order valence-electron chi connectivity index (χ2n) is 4.64. The molecule has 0 saturated carbocycles. The maximum Gasteiger partial charge on any atom is 0.0830 e. The van der Waals surface area contributed by atoms with Gasteiger partial charge < -0.3 is 15.5 Å². The minimum Gasteiger partial charge on any atom is -0.390 e. The summed E-state index contributed by atoms with van der Waals surface area (Å²) in [5.41, 5.74) is 7.30. The molecule has 0 bridgehead atoms. The number of aliphatic hydroxyl groups is 1. The number of allylic oxidation sites excluding steroid dienone is 1. The Balaban J connectivity index is 2.20. The number of aromatic nitrogens is 1. The molecule has 110 valence electrons. The molecular formula is C16H18ClN3O. The fourth-order valence-corrected chi connectivity index (χ4v) is 2.17. The molecule has 0 aliphatic carbocycles. The van der Waals surface area contributed by atoms with Gasteiger partial charge in [0.1, 0.15) is 0 Å². The van der Waals surface area contributed by atoms with E-state index in [0.717, 1.165) is 28.1 Å². The minimum absolute atomic E-state index is 0.00334. The third-order valence-electron chi connectivity index (χ3n) is 3.13. The first kappa shape index (κ1) is 15.4. The van der Waals surface area contributed by atoms with Crippen LogP contribution in [0.25, 0.3) is 5.57 Å². The van der Waals surface area contributed by atoms with Gasteiger partial charge in [-0.3, -0.25) is 0 Å². The summed E-state index contributed by atoms with van der Waals surface area (Å²) in [4.78, 5) is 3.02. The van der Waals surface area contributed by atoms with Gasteiger partial charge in [0, 0.05) is 30.4 Å². The summed E-state index contributed by atoms with van der Waals surface area (Å²) >= 11 is 5.91. The summed E-state index contributed by atoms with van der Waals surface area (Å²) in [6.07, 6.45) is 2.49. The van der Waals surface area contributed by atoms with Crippen molar-refractivity contribution in [2.24, 2.45) is 5.10 Å². The molecule has 0 spiro atoms. The number of benzene rings is 1. The molecular weight excluding hydrogens is 286 g/mol. The molecule has 0 aliphatic heterocycles. The van der Waals surface area contributed by atoms with Crippen LogP contribution in [0.5, 0.6) is 0 Å². The zero-order chi connectivity index (χ0) is 15.2. The molecule has 2 rings (SSSR count). The van der Waals surface area contributed by atoms with Crippen LogP contribution >= 0.6 is 11.6 Å². The van der Waals surface area contributed by atoms with Crippen molar-refractivity contribution >= 4 is 22.9 Å². The Kier molecular flexibility index (Phi) is 5.20. The summed E-state index contributed by atoms with van der Waals surface area (Å²) in [6, 6.07) is 9.43. The number of nitrogens with zero attached hydrogens (tertiary/aromatic N) is 1. The fourth-order valence-electron chi connectivity index (χ4n) is 2.05. The van der Waals surface area contributed by atoms with Gasteiger partial charge in [-0.25, -0.2) is 0 Å². The van der Waals surface area contributed by atoms with Crippen molar-refractivity contribution in [3.63, 3.8) is 0 Å². The van der Waals surface area contributed by atoms with E-state index in [9.17, 15) is 0 Å². The third-order valence-corrected chi connectivity index (χ3v) is 3.38. The number of aliphatic hydroxyl groups excluding tert-OH is 1. The van der Waals surface area contributed by atoms with Gasteiger partial charge in [0.25, 0.3) is 0 Å². The number of hydrazone groups is 1. The largest absolute Gasteiger partial charge is 0.390 e. The normalized spacial score (nSPS) is 11.5. The van der Waals surface area contributed by atoms with Crippen molar-refractivity contribution in [3.05, 3.63) is 65.0 Å². The summed E-state index contributed by atoms with van der Waals surface area (Å²) in [6.45, 7) is 4.12. The second-order valence-corrected chi connectivity index (χ2v) is 5.07. The van der Waals surface area contributed by atoms with E-state index in [1.165, 1.54) is 0 Å². The molecule has 0 aliphatic rings. The van der Waals surface area contributed by atoms with Crippen LogP contribution in [0.4, 0.5) is 0 Å². The van der Waals surface area contributed by atoms with Gasteiger partial charge in [-0.15, -0.1) is 0 Å². The van der Waals surface area contributed by atoms with E-state index in [-0.39, 0.29) is 6.61 Å². The van der Waals surface area contributed by atoms with E-state index < -0.39 is 0 Å². The summed E-state index contributed by atoms with van der Waals surface area (Å²) in [5.74, 6) is 0. The van der Waals surface area contributed by atoms with E-state index in [0.29, 0.717) is 11.4 Å². The lowest BCUT2D eigenvalue weighted by atomic mass is 9.98. The van der Waals surface area contributed by atoms with Crippen LogP contribution in [0.2, 0.25) is 5.02 Å². The molecule has 5 heteroatoms. The zero-order valence-corrected chi connectivity index (χ0v) is 12.6. The van der Waals surface area contributed by atoms with Gasteiger partial charge in [-0.1, -0.05) is 30.3 Å². The lowest BCUT2D eigenvalue weighted by Gasteiger charge is -2.09. The Labute approximate surface area is 129 Å². The van der Waals surface area contributed by atoms with Gasteiger partial charge in [0.05, 0.1) is 12.3 Å². The molecule has 1 heterocycles. The van der Waals surface area contributed by atoms with Crippen LogP contribution < -0.4 is 5.43 Å². The summed E-state index contributed by atoms with van der Waals surface area (Å²) in [5, 5.41) is 14.1. The van der Waals surface area contributed by atoms with E-state index in [4.69, 9.17) is 16.7 Å². The smallest absolute Gasteiger partial charge is 0.0830 e. The van der Waals surface area contributed by atoms with Gasteiger partial charge in [-0.2, -0.15) is 5.10 Å². The topological polar surface area (TPSA) is 60.4 Å². The summed E-state index contributed by atoms with van der Waals surface area (Å²) < 4.78 is 0. The van der Waals surface area contributed by atoms with Crippen LogP contribution in [0.1, 0.15) is 16.8 Å². The molecule has 0 unspecified atom stereocenters. The Morgan fingerprint density at radius 1 is 1.38 bits per heavy atom. The SMILES string of the molecule is C=C(/C(Cc1c[nH]c(CO)c1)=N\NC)c1ccc(Cl)cc1. The van der Waals surface area contributed by atoms with Gasteiger partial charge in [0.15, 0.2) is 0 Å². The van der Waals surface area contributed by atoms with Crippen LogP contribution in [-0.2, 0) is 13.0 Å². The van der Waals surface area contributed by atoms with Crippen molar-refractivity contribution in [2.75, 3.05) is 7.05 Å². The highest BCUT2D eigenvalue weighted by molar-refractivity contribution is 6.30. The maximum atomic E-state index is 9.10.